The Morgan fingerprint density at radius 2 is 2.33 bits per heavy atom. The van der Waals surface area contributed by atoms with Crippen molar-refractivity contribution >= 4 is 11.7 Å². The number of amides is 2. The molecule has 21 heavy (non-hydrogen) atoms. The summed E-state index contributed by atoms with van der Waals surface area (Å²) < 4.78 is 5.64. The van der Waals surface area contributed by atoms with Crippen LogP contribution in [-0.4, -0.2) is 41.8 Å². The molecule has 0 unspecified atom stereocenters. The van der Waals surface area contributed by atoms with Crippen LogP contribution < -0.4 is 10.1 Å². The number of hydrogen-bond donors (Lipinski definition) is 2. The molecule has 0 bridgehead atoms. The van der Waals surface area contributed by atoms with Crippen molar-refractivity contribution in [2.24, 2.45) is 0 Å². The molecule has 5 heteroatoms. The third kappa shape index (κ3) is 4.36. The van der Waals surface area contributed by atoms with Crippen molar-refractivity contribution in [3.63, 3.8) is 0 Å². The molecule has 1 aromatic carbocycles. The van der Waals surface area contributed by atoms with E-state index in [1.165, 1.54) is 0 Å². The van der Waals surface area contributed by atoms with E-state index in [1.54, 1.807) is 4.90 Å². The highest BCUT2D eigenvalue weighted by atomic mass is 16.5. The van der Waals surface area contributed by atoms with Crippen LogP contribution in [0.1, 0.15) is 31.7 Å². The van der Waals surface area contributed by atoms with Crippen LogP contribution in [0.4, 0.5) is 10.5 Å². The number of ether oxygens (including phenoxy) is 1. The molecule has 0 radical (unpaired) electrons. The molecule has 1 heterocycles. The van der Waals surface area contributed by atoms with Gasteiger partial charge in [-0.25, -0.2) is 4.79 Å². The van der Waals surface area contributed by atoms with Crippen molar-refractivity contribution in [1.82, 2.24) is 4.90 Å². The van der Waals surface area contributed by atoms with Gasteiger partial charge in [0.1, 0.15) is 5.75 Å². The smallest absolute Gasteiger partial charge is 0.321 e. The molecule has 1 aliphatic heterocycles. The number of carbonyl (C=O) groups excluding carboxylic acids is 1. The van der Waals surface area contributed by atoms with Crippen molar-refractivity contribution in [3.05, 3.63) is 23.8 Å². The average molecular weight is 292 g/mol. The number of nitrogens with zero attached hydrogens (tertiary/aromatic N) is 1. The van der Waals surface area contributed by atoms with Gasteiger partial charge < -0.3 is 20.1 Å². The van der Waals surface area contributed by atoms with Gasteiger partial charge in [-0.1, -0.05) is 13.3 Å². The lowest BCUT2D eigenvalue weighted by Crippen LogP contribution is -2.33. The maximum absolute atomic E-state index is 12.1. The van der Waals surface area contributed by atoms with Crippen LogP contribution in [0.15, 0.2) is 18.2 Å². The Morgan fingerprint density at radius 3 is 2.95 bits per heavy atom. The van der Waals surface area contributed by atoms with Gasteiger partial charge in [0.25, 0.3) is 0 Å². The third-order valence-electron chi connectivity index (χ3n) is 3.66. The minimum absolute atomic E-state index is 0.158. The lowest BCUT2D eigenvalue weighted by atomic mass is 10.2. The number of benzene rings is 1. The monoisotopic (exact) mass is 292 g/mol. The van der Waals surface area contributed by atoms with E-state index in [4.69, 9.17) is 4.74 Å². The first-order chi connectivity index (χ1) is 10.1. The molecule has 0 saturated carbocycles. The van der Waals surface area contributed by atoms with Crippen LogP contribution in [0.2, 0.25) is 0 Å². The zero-order valence-corrected chi connectivity index (χ0v) is 12.8. The largest absolute Gasteiger partial charge is 0.494 e. The van der Waals surface area contributed by atoms with E-state index in [0.717, 1.165) is 29.8 Å². The number of aliphatic hydroxyl groups excluding tert-OH is 1. The van der Waals surface area contributed by atoms with Crippen molar-refractivity contribution in [2.45, 2.75) is 39.2 Å². The second kappa shape index (κ2) is 7.31. The zero-order valence-electron chi connectivity index (χ0n) is 12.8. The predicted molar refractivity (Wildman–Crippen MR) is 82.8 cm³/mol. The van der Waals surface area contributed by atoms with Crippen molar-refractivity contribution in [3.8, 4) is 5.75 Å². The van der Waals surface area contributed by atoms with Crippen LogP contribution in [-0.2, 0) is 0 Å². The lowest BCUT2D eigenvalue weighted by Gasteiger charge is -2.18. The Hall–Kier alpha value is -1.75. The molecule has 1 aliphatic rings. The Labute approximate surface area is 125 Å². The number of nitrogens with one attached hydrogen (secondary N) is 1. The zero-order chi connectivity index (χ0) is 15.2. The molecule has 2 N–H and O–H groups in total. The Kier molecular flexibility index (Phi) is 5.44. The van der Waals surface area contributed by atoms with Crippen LogP contribution in [0.25, 0.3) is 0 Å². The highest BCUT2D eigenvalue weighted by Gasteiger charge is 2.24. The van der Waals surface area contributed by atoms with Gasteiger partial charge >= 0.3 is 6.03 Å². The van der Waals surface area contributed by atoms with E-state index in [2.05, 4.69) is 12.2 Å². The van der Waals surface area contributed by atoms with E-state index in [-0.39, 0.29) is 6.03 Å². The molecule has 1 fully saturated rings. The van der Waals surface area contributed by atoms with Gasteiger partial charge in [0.2, 0.25) is 0 Å². The number of aryl methyl sites for hydroxylation is 1. The van der Waals surface area contributed by atoms with Crippen molar-refractivity contribution in [2.75, 3.05) is 25.0 Å². The predicted octanol–water partition coefficient (Wildman–Crippen LogP) is 2.77. The molecule has 0 aromatic heterocycles. The second-order valence-electron chi connectivity index (χ2n) is 5.50. The molecule has 1 saturated heterocycles. The number of unbranched alkanes of at least 4 members (excludes halogenated alkanes) is 1. The molecule has 1 atom stereocenters. The van der Waals surface area contributed by atoms with Crippen LogP contribution in [0.5, 0.6) is 5.75 Å². The fourth-order valence-electron chi connectivity index (χ4n) is 2.32. The molecule has 1 aromatic rings. The van der Waals surface area contributed by atoms with Gasteiger partial charge in [-0.15, -0.1) is 0 Å². The van der Waals surface area contributed by atoms with Crippen LogP contribution in [0, 0.1) is 6.92 Å². The number of aliphatic hydroxyl groups is 1. The number of anilines is 1. The maximum atomic E-state index is 12.1. The molecular formula is C16H24N2O3. The summed E-state index contributed by atoms with van der Waals surface area (Å²) in [4.78, 5) is 13.7. The summed E-state index contributed by atoms with van der Waals surface area (Å²) in [6.07, 6.45) is 2.39. The van der Waals surface area contributed by atoms with Gasteiger partial charge in [-0.05, 0) is 43.5 Å². The van der Waals surface area contributed by atoms with Gasteiger partial charge in [-0.3, -0.25) is 0 Å². The summed E-state index contributed by atoms with van der Waals surface area (Å²) in [5.41, 5.74) is 1.75. The van der Waals surface area contributed by atoms with Crippen molar-refractivity contribution in [1.29, 1.82) is 0 Å². The number of carbonyl (C=O) groups is 1. The molecular weight excluding hydrogens is 268 g/mol. The first-order valence-corrected chi connectivity index (χ1v) is 7.57. The number of likely N-dealkylation sites (tertiary alicyclic amines) is 1. The van der Waals surface area contributed by atoms with Gasteiger partial charge in [-0.2, -0.15) is 0 Å². The van der Waals surface area contributed by atoms with E-state index in [9.17, 15) is 9.90 Å². The fraction of sp³-hybridized carbons (Fsp3) is 0.562. The fourth-order valence-corrected chi connectivity index (χ4v) is 2.32. The average Bonchev–Trinajstić information content (AvgIpc) is 2.89. The molecule has 0 aliphatic carbocycles. The summed E-state index contributed by atoms with van der Waals surface area (Å²) in [6, 6.07) is 5.51. The minimum atomic E-state index is -0.397. The topological polar surface area (TPSA) is 61.8 Å². The Bertz CT molecular complexity index is 490. The first-order valence-electron chi connectivity index (χ1n) is 7.57. The number of hydrogen-bond acceptors (Lipinski definition) is 3. The normalized spacial score (nSPS) is 17.9. The van der Waals surface area contributed by atoms with E-state index >= 15 is 0 Å². The Morgan fingerprint density at radius 1 is 1.52 bits per heavy atom. The molecule has 0 spiro atoms. The van der Waals surface area contributed by atoms with Crippen LogP contribution in [0.3, 0.4) is 0 Å². The molecule has 2 amide bonds. The summed E-state index contributed by atoms with van der Waals surface area (Å²) in [5.74, 6) is 0.829. The number of rotatable bonds is 5. The first kappa shape index (κ1) is 15.6. The lowest BCUT2D eigenvalue weighted by molar-refractivity contribution is 0.176. The van der Waals surface area contributed by atoms with Gasteiger partial charge in [0.05, 0.1) is 12.7 Å². The highest BCUT2D eigenvalue weighted by molar-refractivity contribution is 5.90. The number of β-amino-alcohol motifs (C(OH)–C–C–N with tert-alkyl or cyclic N) is 1. The standard InChI is InChI=1S/C16H24N2O3/c1-3-4-9-21-14-5-6-15(12(2)10-14)17-16(20)18-8-7-13(19)11-18/h5-6,10,13,19H,3-4,7-9,11H2,1-2H3,(H,17,20)/t13-/m0/s1. The van der Waals surface area contributed by atoms with Crippen molar-refractivity contribution < 1.29 is 14.6 Å². The summed E-state index contributed by atoms with van der Waals surface area (Å²) in [7, 11) is 0. The van der Waals surface area contributed by atoms with E-state index in [1.807, 2.05) is 25.1 Å². The van der Waals surface area contributed by atoms with E-state index < -0.39 is 6.10 Å². The SMILES string of the molecule is CCCCOc1ccc(NC(=O)N2CC[C@H](O)C2)c(C)c1. The van der Waals surface area contributed by atoms with Crippen LogP contribution >= 0.6 is 0 Å². The molecule has 116 valence electrons. The molecule has 2 rings (SSSR count). The second-order valence-corrected chi connectivity index (χ2v) is 5.50. The minimum Gasteiger partial charge on any atom is -0.494 e. The molecule has 5 nitrogen and oxygen atoms in total. The summed E-state index contributed by atoms with van der Waals surface area (Å²) in [6.45, 7) is 5.80. The third-order valence-corrected chi connectivity index (χ3v) is 3.66. The Balaban J connectivity index is 1.92. The highest BCUT2D eigenvalue weighted by Crippen LogP contribution is 2.22. The summed E-state index contributed by atoms with van der Waals surface area (Å²) in [5, 5.41) is 12.4. The maximum Gasteiger partial charge on any atom is 0.321 e. The van der Waals surface area contributed by atoms with Gasteiger partial charge in [0, 0.05) is 18.8 Å². The van der Waals surface area contributed by atoms with E-state index in [0.29, 0.717) is 26.1 Å². The quantitative estimate of drug-likeness (QED) is 0.820. The van der Waals surface area contributed by atoms with Gasteiger partial charge in [0.15, 0.2) is 0 Å². The number of urea groups is 1. The summed E-state index contributed by atoms with van der Waals surface area (Å²) >= 11 is 0.